The normalized spacial score (nSPS) is 12.4. The van der Waals surface area contributed by atoms with Gasteiger partial charge in [0.25, 0.3) is 0 Å². The van der Waals surface area contributed by atoms with E-state index in [-0.39, 0.29) is 17.6 Å². The first kappa shape index (κ1) is 16.8. The van der Waals surface area contributed by atoms with Crippen molar-refractivity contribution in [2.45, 2.75) is 32.2 Å². The van der Waals surface area contributed by atoms with E-state index in [1.165, 1.54) is 7.11 Å². The molecule has 0 aliphatic heterocycles. The highest BCUT2D eigenvalue weighted by molar-refractivity contribution is 5.96. The molecule has 0 aliphatic carbocycles. The Morgan fingerprint density at radius 2 is 2.30 bits per heavy atom. The van der Waals surface area contributed by atoms with Crippen LogP contribution in [0.4, 0.5) is 0 Å². The van der Waals surface area contributed by atoms with Crippen molar-refractivity contribution in [2.24, 2.45) is 0 Å². The van der Waals surface area contributed by atoms with Crippen molar-refractivity contribution >= 4 is 11.9 Å². The van der Waals surface area contributed by atoms with E-state index in [0.717, 1.165) is 24.8 Å². The number of carbonyl (C=O) groups is 1. The first-order valence-electron chi connectivity index (χ1n) is 7.72. The maximum Gasteiger partial charge on any atom is 0.178 e. The van der Waals surface area contributed by atoms with Gasteiger partial charge in [-0.2, -0.15) is 0 Å². The number of benzene rings is 1. The lowest BCUT2D eigenvalue weighted by atomic mass is 10.0. The number of aromatic hydroxyl groups is 1. The molecule has 0 spiro atoms. The summed E-state index contributed by atoms with van der Waals surface area (Å²) in [4.78, 5) is 16.6. The summed E-state index contributed by atoms with van der Waals surface area (Å²) in [5.41, 5.74) is 0.799. The van der Waals surface area contributed by atoms with Crippen LogP contribution in [0.3, 0.4) is 0 Å². The maximum absolute atomic E-state index is 12.5. The Balaban J connectivity index is 2.14. The van der Waals surface area contributed by atoms with E-state index in [4.69, 9.17) is 4.74 Å². The number of phenolic OH excluding ortho intramolecular Hbond substituents is 1. The van der Waals surface area contributed by atoms with E-state index in [1.54, 1.807) is 42.9 Å². The van der Waals surface area contributed by atoms with E-state index >= 15 is 0 Å². The predicted molar refractivity (Wildman–Crippen MR) is 89.5 cm³/mol. The number of hydrogen-bond acceptors (Lipinski definition) is 4. The highest BCUT2D eigenvalue weighted by atomic mass is 16.5. The third-order valence-corrected chi connectivity index (χ3v) is 3.69. The first-order chi connectivity index (χ1) is 11.2. The van der Waals surface area contributed by atoms with Crippen molar-refractivity contribution < 1.29 is 14.6 Å². The molecule has 1 heterocycles. The lowest BCUT2D eigenvalue weighted by molar-refractivity contribution is -0.117. The Labute approximate surface area is 136 Å². The molecule has 0 saturated carbocycles. The number of methoxy groups -OCH3 is 1. The summed E-state index contributed by atoms with van der Waals surface area (Å²) in [5, 5.41) is 9.60. The number of rotatable bonds is 8. The zero-order valence-electron chi connectivity index (χ0n) is 13.5. The van der Waals surface area contributed by atoms with Crippen molar-refractivity contribution in [2.75, 3.05) is 7.11 Å². The lowest BCUT2D eigenvalue weighted by Crippen LogP contribution is -2.16. The van der Waals surface area contributed by atoms with Gasteiger partial charge in [0.15, 0.2) is 17.3 Å². The molecular formula is C18H22N2O3. The summed E-state index contributed by atoms with van der Waals surface area (Å²) >= 11 is 0. The summed E-state index contributed by atoms with van der Waals surface area (Å²) in [5.74, 6) is 0.496. The van der Waals surface area contributed by atoms with Gasteiger partial charge in [0.2, 0.25) is 0 Å². The van der Waals surface area contributed by atoms with Crippen molar-refractivity contribution in [1.82, 2.24) is 9.55 Å². The molecule has 122 valence electrons. The molecule has 1 N–H and O–H groups in total. The van der Waals surface area contributed by atoms with Gasteiger partial charge in [-0.15, -0.1) is 0 Å². The van der Waals surface area contributed by atoms with Crippen LogP contribution in [0.1, 0.15) is 37.8 Å². The number of carbonyl (C=O) groups excluding carboxylic acids is 1. The quantitative estimate of drug-likeness (QED) is 0.756. The summed E-state index contributed by atoms with van der Waals surface area (Å²) in [6, 6.07) is 4.75. The fraction of sp³-hybridized carbons (Fsp3) is 0.333. The molecule has 0 radical (unpaired) electrons. The number of imidazole rings is 1. The molecule has 2 aromatic rings. The van der Waals surface area contributed by atoms with Crippen molar-refractivity contribution in [3.8, 4) is 11.5 Å². The number of aromatic nitrogens is 2. The molecule has 0 fully saturated rings. The van der Waals surface area contributed by atoms with Gasteiger partial charge in [-0.25, -0.2) is 4.98 Å². The number of ether oxygens (including phenoxy) is 1. The lowest BCUT2D eigenvalue weighted by Gasteiger charge is -2.15. The van der Waals surface area contributed by atoms with Crippen LogP contribution < -0.4 is 4.74 Å². The van der Waals surface area contributed by atoms with Crippen molar-refractivity contribution in [3.63, 3.8) is 0 Å². The fourth-order valence-electron chi connectivity index (χ4n) is 2.38. The van der Waals surface area contributed by atoms with Crippen LogP contribution in [-0.2, 0) is 4.79 Å². The highest BCUT2D eigenvalue weighted by Crippen LogP contribution is 2.27. The topological polar surface area (TPSA) is 64.3 Å². The van der Waals surface area contributed by atoms with Crippen molar-refractivity contribution in [3.05, 3.63) is 48.6 Å². The second-order valence-electron chi connectivity index (χ2n) is 5.33. The molecule has 23 heavy (non-hydrogen) atoms. The van der Waals surface area contributed by atoms with Gasteiger partial charge in [0.05, 0.1) is 19.5 Å². The second-order valence-corrected chi connectivity index (χ2v) is 5.33. The molecule has 0 bridgehead atoms. The third kappa shape index (κ3) is 4.45. The Morgan fingerprint density at radius 3 is 2.96 bits per heavy atom. The monoisotopic (exact) mass is 314 g/mol. The number of allylic oxidation sites excluding steroid dienone is 1. The predicted octanol–water partition coefficient (Wildman–Crippen LogP) is 3.61. The molecule has 2 rings (SSSR count). The second kappa shape index (κ2) is 8.17. The Kier molecular flexibility index (Phi) is 5.97. The SMILES string of the molecule is CCCCC(C(=O)C=Cc1ccc(O)c(OC)c1)n1ccnc1. The largest absolute Gasteiger partial charge is 0.504 e. The minimum atomic E-state index is -0.229. The molecule has 0 saturated heterocycles. The van der Waals surface area contributed by atoms with Gasteiger partial charge in [0, 0.05) is 12.4 Å². The summed E-state index contributed by atoms with van der Waals surface area (Å²) in [6.07, 6.45) is 11.3. The minimum absolute atomic E-state index is 0.0310. The highest BCUT2D eigenvalue weighted by Gasteiger charge is 2.16. The van der Waals surface area contributed by atoms with Gasteiger partial charge in [-0.3, -0.25) is 4.79 Å². The van der Waals surface area contributed by atoms with Crippen LogP contribution in [0.5, 0.6) is 11.5 Å². The average Bonchev–Trinajstić information content (AvgIpc) is 3.08. The molecular weight excluding hydrogens is 292 g/mol. The number of ketones is 1. The van der Waals surface area contributed by atoms with Crippen LogP contribution in [0, 0.1) is 0 Å². The van der Waals surface area contributed by atoms with E-state index in [9.17, 15) is 9.90 Å². The Morgan fingerprint density at radius 1 is 1.48 bits per heavy atom. The van der Waals surface area contributed by atoms with Crippen molar-refractivity contribution in [1.29, 1.82) is 0 Å². The average molecular weight is 314 g/mol. The fourth-order valence-corrected chi connectivity index (χ4v) is 2.38. The van der Waals surface area contributed by atoms with Gasteiger partial charge < -0.3 is 14.4 Å². The number of unbranched alkanes of at least 4 members (excludes halogenated alkanes) is 1. The molecule has 0 amide bonds. The number of phenols is 1. The number of nitrogens with zero attached hydrogens (tertiary/aromatic N) is 2. The smallest absolute Gasteiger partial charge is 0.178 e. The number of hydrogen-bond donors (Lipinski definition) is 1. The standard InChI is InChI=1S/C18H22N2O3/c1-3-4-5-15(20-11-10-19-13-20)16(21)8-6-14-7-9-17(22)18(12-14)23-2/h6-13,15,22H,3-5H2,1-2H3. The molecule has 5 heteroatoms. The molecule has 5 nitrogen and oxygen atoms in total. The maximum atomic E-state index is 12.5. The van der Waals surface area contributed by atoms with Crippen LogP contribution in [0.2, 0.25) is 0 Å². The molecule has 0 aliphatic rings. The molecule has 1 aromatic heterocycles. The minimum Gasteiger partial charge on any atom is -0.504 e. The van der Waals surface area contributed by atoms with Gasteiger partial charge in [-0.1, -0.05) is 31.9 Å². The molecule has 1 aromatic carbocycles. The zero-order chi connectivity index (χ0) is 16.7. The third-order valence-electron chi connectivity index (χ3n) is 3.69. The van der Waals surface area contributed by atoms with Crippen LogP contribution in [0.25, 0.3) is 6.08 Å². The van der Waals surface area contributed by atoms with Gasteiger partial charge in [0.1, 0.15) is 0 Å². The van der Waals surface area contributed by atoms with Crippen LogP contribution >= 0.6 is 0 Å². The van der Waals surface area contributed by atoms with Gasteiger partial charge in [-0.05, 0) is 30.2 Å². The van der Waals surface area contributed by atoms with Crippen LogP contribution in [-0.4, -0.2) is 27.6 Å². The summed E-state index contributed by atoms with van der Waals surface area (Å²) in [6.45, 7) is 2.11. The van der Waals surface area contributed by atoms with E-state index in [0.29, 0.717) is 5.75 Å². The van der Waals surface area contributed by atoms with E-state index in [2.05, 4.69) is 11.9 Å². The van der Waals surface area contributed by atoms with E-state index < -0.39 is 0 Å². The Hall–Kier alpha value is -2.56. The van der Waals surface area contributed by atoms with Gasteiger partial charge >= 0.3 is 0 Å². The summed E-state index contributed by atoms with van der Waals surface area (Å²) in [7, 11) is 1.49. The first-order valence-corrected chi connectivity index (χ1v) is 7.72. The van der Waals surface area contributed by atoms with Crippen LogP contribution in [0.15, 0.2) is 43.0 Å². The zero-order valence-corrected chi connectivity index (χ0v) is 13.5. The Bertz CT molecular complexity index is 663. The molecule has 1 unspecified atom stereocenters. The molecule has 1 atom stereocenters. The summed E-state index contributed by atoms with van der Waals surface area (Å²) < 4.78 is 6.92. The van der Waals surface area contributed by atoms with E-state index in [1.807, 2.05) is 10.8 Å².